The summed E-state index contributed by atoms with van der Waals surface area (Å²) in [4.78, 5) is 12.2. The molecule has 0 atom stereocenters. The van der Waals surface area contributed by atoms with Gasteiger partial charge in [0.15, 0.2) is 11.5 Å². The molecule has 3 aromatic rings. The van der Waals surface area contributed by atoms with Crippen molar-refractivity contribution in [3.05, 3.63) is 42.2 Å². The molecule has 0 radical (unpaired) electrons. The van der Waals surface area contributed by atoms with E-state index in [0.29, 0.717) is 17.1 Å². The summed E-state index contributed by atoms with van der Waals surface area (Å²) in [7, 11) is 1.57. The highest BCUT2D eigenvalue weighted by Gasteiger charge is 2.12. The lowest BCUT2D eigenvalue weighted by Gasteiger charge is -2.09. The van der Waals surface area contributed by atoms with Gasteiger partial charge in [0.05, 0.1) is 18.6 Å². The van der Waals surface area contributed by atoms with E-state index in [1.807, 2.05) is 38.1 Å². The maximum absolute atomic E-state index is 12.2. The standard InChI is InChI=1S/C17H19N5O2S/c1-11(2)17-20-19-14-8-9-16(21-22(14)17)25-10-15(23)18-12-6-4-5-7-13(12)24-3/h4-9,11H,10H2,1-3H3,(H,18,23). The van der Waals surface area contributed by atoms with Gasteiger partial charge in [0.25, 0.3) is 0 Å². The van der Waals surface area contributed by atoms with Crippen LogP contribution in [0.5, 0.6) is 5.75 Å². The first-order valence-electron chi connectivity index (χ1n) is 7.86. The Labute approximate surface area is 149 Å². The normalized spacial score (nSPS) is 11.0. The number of thioether (sulfide) groups is 1. The van der Waals surface area contributed by atoms with E-state index in [9.17, 15) is 4.79 Å². The predicted octanol–water partition coefficient (Wildman–Crippen LogP) is 2.99. The molecule has 0 saturated heterocycles. The van der Waals surface area contributed by atoms with E-state index in [1.165, 1.54) is 11.8 Å². The smallest absolute Gasteiger partial charge is 0.234 e. The minimum absolute atomic E-state index is 0.121. The molecule has 1 aromatic carbocycles. The lowest BCUT2D eigenvalue weighted by atomic mass is 10.2. The van der Waals surface area contributed by atoms with Crippen LogP contribution in [0.15, 0.2) is 41.4 Å². The number of nitrogens with zero attached hydrogens (tertiary/aromatic N) is 4. The number of methoxy groups -OCH3 is 1. The number of amides is 1. The first-order valence-corrected chi connectivity index (χ1v) is 8.85. The fourth-order valence-electron chi connectivity index (χ4n) is 2.30. The molecule has 2 heterocycles. The number of hydrogen-bond acceptors (Lipinski definition) is 6. The lowest BCUT2D eigenvalue weighted by molar-refractivity contribution is -0.113. The zero-order valence-corrected chi connectivity index (χ0v) is 15.1. The molecule has 0 unspecified atom stereocenters. The van der Waals surface area contributed by atoms with Crippen molar-refractivity contribution in [3.63, 3.8) is 0 Å². The van der Waals surface area contributed by atoms with Gasteiger partial charge in [0.1, 0.15) is 10.8 Å². The molecule has 7 nitrogen and oxygen atoms in total. The Bertz CT molecular complexity index is 894. The molecule has 0 aliphatic rings. The van der Waals surface area contributed by atoms with Gasteiger partial charge in [-0.2, -0.15) is 9.61 Å². The van der Waals surface area contributed by atoms with Crippen LogP contribution in [0.3, 0.4) is 0 Å². The van der Waals surface area contributed by atoms with E-state index in [0.717, 1.165) is 10.9 Å². The minimum Gasteiger partial charge on any atom is -0.495 e. The molecule has 0 saturated carbocycles. The molecule has 1 amide bonds. The van der Waals surface area contributed by atoms with Crippen molar-refractivity contribution < 1.29 is 9.53 Å². The van der Waals surface area contributed by atoms with Gasteiger partial charge < -0.3 is 10.1 Å². The molecule has 0 spiro atoms. The van der Waals surface area contributed by atoms with Gasteiger partial charge in [-0.15, -0.1) is 10.2 Å². The number of para-hydroxylation sites is 2. The van der Waals surface area contributed by atoms with Crippen molar-refractivity contribution in [2.75, 3.05) is 18.2 Å². The van der Waals surface area contributed by atoms with E-state index < -0.39 is 0 Å². The van der Waals surface area contributed by atoms with Crippen LogP contribution < -0.4 is 10.1 Å². The van der Waals surface area contributed by atoms with Crippen LogP contribution in [0, 0.1) is 0 Å². The molecular weight excluding hydrogens is 338 g/mol. The van der Waals surface area contributed by atoms with Crippen LogP contribution in [-0.4, -0.2) is 38.6 Å². The van der Waals surface area contributed by atoms with Crippen molar-refractivity contribution in [3.8, 4) is 5.75 Å². The highest BCUT2D eigenvalue weighted by atomic mass is 32.2. The van der Waals surface area contributed by atoms with E-state index in [-0.39, 0.29) is 17.6 Å². The maximum atomic E-state index is 12.2. The Morgan fingerprint density at radius 2 is 2.04 bits per heavy atom. The zero-order valence-electron chi connectivity index (χ0n) is 14.3. The second-order valence-corrected chi connectivity index (χ2v) is 6.69. The summed E-state index contributed by atoms with van der Waals surface area (Å²) in [5.41, 5.74) is 1.35. The lowest BCUT2D eigenvalue weighted by Crippen LogP contribution is -2.15. The Morgan fingerprint density at radius 1 is 1.24 bits per heavy atom. The Hall–Kier alpha value is -2.61. The molecule has 130 valence electrons. The third-order valence-electron chi connectivity index (χ3n) is 3.51. The summed E-state index contributed by atoms with van der Waals surface area (Å²) >= 11 is 1.36. The Kier molecular flexibility index (Phi) is 5.18. The van der Waals surface area contributed by atoms with Gasteiger partial charge in [0, 0.05) is 5.92 Å². The highest BCUT2D eigenvalue weighted by molar-refractivity contribution is 7.99. The Morgan fingerprint density at radius 3 is 2.80 bits per heavy atom. The number of fused-ring (bicyclic) bond motifs is 1. The minimum atomic E-state index is -0.121. The van der Waals surface area contributed by atoms with E-state index in [1.54, 1.807) is 23.8 Å². The SMILES string of the molecule is COc1ccccc1NC(=O)CSc1ccc2nnc(C(C)C)n2n1. The zero-order chi connectivity index (χ0) is 17.8. The summed E-state index contributed by atoms with van der Waals surface area (Å²) in [6.45, 7) is 4.08. The van der Waals surface area contributed by atoms with Crippen molar-refractivity contribution in [1.82, 2.24) is 19.8 Å². The highest BCUT2D eigenvalue weighted by Crippen LogP contribution is 2.24. The maximum Gasteiger partial charge on any atom is 0.234 e. The van der Waals surface area contributed by atoms with Gasteiger partial charge in [-0.1, -0.05) is 37.7 Å². The topological polar surface area (TPSA) is 81.4 Å². The van der Waals surface area contributed by atoms with E-state index in [4.69, 9.17) is 4.74 Å². The number of ether oxygens (including phenoxy) is 1. The number of aromatic nitrogens is 4. The van der Waals surface area contributed by atoms with Crippen LogP contribution >= 0.6 is 11.8 Å². The number of nitrogens with one attached hydrogen (secondary N) is 1. The summed E-state index contributed by atoms with van der Waals surface area (Å²) in [6.07, 6.45) is 0. The first-order chi connectivity index (χ1) is 12.1. The van der Waals surface area contributed by atoms with Crippen molar-refractivity contribution in [2.24, 2.45) is 0 Å². The number of anilines is 1. The van der Waals surface area contributed by atoms with Crippen LogP contribution in [0.4, 0.5) is 5.69 Å². The van der Waals surface area contributed by atoms with Gasteiger partial charge in [-0.25, -0.2) is 0 Å². The van der Waals surface area contributed by atoms with Gasteiger partial charge in [-0.05, 0) is 24.3 Å². The van der Waals surface area contributed by atoms with Crippen LogP contribution in [0.2, 0.25) is 0 Å². The summed E-state index contributed by atoms with van der Waals surface area (Å²) < 4.78 is 6.96. The van der Waals surface area contributed by atoms with Crippen molar-refractivity contribution in [2.45, 2.75) is 24.8 Å². The average Bonchev–Trinajstić information content (AvgIpc) is 3.04. The number of rotatable bonds is 6. The number of benzene rings is 1. The molecular formula is C17H19N5O2S. The van der Waals surface area contributed by atoms with E-state index in [2.05, 4.69) is 20.6 Å². The van der Waals surface area contributed by atoms with Crippen LogP contribution in [0.25, 0.3) is 5.65 Å². The second-order valence-electron chi connectivity index (χ2n) is 5.69. The third kappa shape index (κ3) is 3.90. The molecule has 2 aromatic heterocycles. The summed E-state index contributed by atoms with van der Waals surface area (Å²) in [6, 6.07) is 11.0. The summed E-state index contributed by atoms with van der Waals surface area (Å²) in [5.74, 6) is 1.78. The molecule has 1 N–H and O–H groups in total. The van der Waals surface area contributed by atoms with Gasteiger partial charge in [-0.3, -0.25) is 4.79 Å². The van der Waals surface area contributed by atoms with Crippen molar-refractivity contribution in [1.29, 1.82) is 0 Å². The molecule has 25 heavy (non-hydrogen) atoms. The van der Waals surface area contributed by atoms with E-state index >= 15 is 0 Å². The molecule has 0 bridgehead atoms. The Balaban J connectivity index is 1.67. The predicted molar refractivity (Wildman–Crippen MR) is 97.2 cm³/mol. The first kappa shape index (κ1) is 17.2. The van der Waals surface area contributed by atoms with Gasteiger partial charge >= 0.3 is 0 Å². The molecule has 0 aliphatic carbocycles. The summed E-state index contributed by atoms with van der Waals surface area (Å²) in [5, 5.41) is 16.4. The fourth-order valence-corrected chi connectivity index (χ4v) is 2.95. The molecule has 0 fully saturated rings. The van der Waals surface area contributed by atoms with Crippen LogP contribution in [-0.2, 0) is 4.79 Å². The number of carbonyl (C=O) groups is 1. The monoisotopic (exact) mass is 357 g/mol. The number of carbonyl (C=O) groups excluding carboxylic acids is 1. The fraction of sp³-hybridized carbons (Fsp3) is 0.294. The largest absolute Gasteiger partial charge is 0.495 e. The van der Waals surface area contributed by atoms with Crippen molar-refractivity contribution >= 4 is 29.0 Å². The molecule has 0 aliphatic heterocycles. The quantitative estimate of drug-likeness (QED) is 0.683. The molecule has 3 rings (SSSR count). The molecule has 8 heteroatoms. The van der Waals surface area contributed by atoms with Gasteiger partial charge in [0.2, 0.25) is 5.91 Å². The van der Waals surface area contributed by atoms with Crippen LogP contribution in [0.1, 0.15) is 25.6 Å². The third-order valence-corrected chi connectivity index (χ3v) is 4.43. The second kappa shape index (κ2) is 7.52. The number of hydrogen-bond donors (Lipinski definition) is 1. The average molecular weight is 357 g/mol.